The molecule has 0 aromatic heterocycles. The molecule has 0 radical (unpaired) electrons. The molecule has 0 heterocycles. The summed E-state index contributed by atoms with van der Waals surface area (Å²) in [5.74, 6) is 0.822. The van der Waals surface area contributed by atoms with E-state index in [1.807, 2.05) is 19.1 Å². The van der Waals surface area contributed by atoms with Gasteiger partial charge in [-0.15, -0.1) is 0 Å². The fourth-order valence-electron chi connectivity index (χ4n) is 2.33. The molecule has 18 heavy (non-hydrogen) atoms. The summed E-state index contributed by atoms with van der Waals surface area (Å²) in [6, 6.07) is 4.46. The summed E-state index contributed by atoms with van der Waals surface area (Å²) >= 11 is 9.57. The van der Waals surface area contributed by atoms with Gasteiger partial charge < -0.3 is 15.8 Å². The van der Waals surface area contributed by atoms with Crippen LogP contribution in [0.4, 0.5) is 5.69 Å². The molecule has 0 bridgehead atoms. The van der Waals surface area contributed by atoms with Gasteiger partial charge in [-0.2, -0.15) is 0 Å². The van der Waals surface area contributed by atoms with Gasteiger partial charge in [0.05, 0.1) is 16.8 Å². The summed E-state index contributed by atoms with van der Waals surface area (Å²) in [4.78, 5) is 0. The van der Waals surface area contributed by atoms with Crippen LogP contribution >= 0.6 is 27.5 Å². The van der Waals surface area contributed by atoms with E-state index in [-0.39, 0.29) is 0 Å². The molecular weight excluding hydrogens is 316 g/mol. The van der Waals surface area contributed by atoms with Crippen molar-refractivity contribution in [3.8, 4) is 5.75 Å². The van der Waals surface area contributed by atoms with Crippen LogP contribution < -0.4 is 15.8 Å². The van der Waals surface area contributed by atoms with Gasteiger partial charge in [-0.1, -0.05) is 11.6 Å². The van der Waals surface area contributed by atoms with E-state index in [0.29, 0.717) is 23.7 Å². The minimum Gasteiger partial charge on any atom is -0.491 e. The molecule has 3 nitrogen and oxygen atoms in total. The fraction of sp³-hybridized carbons (Fsp3) is 0.538. The highest BCUT2D eigenvalue weighted by Crippen LogP contribution is 2.38. The molecule has 100 valence electrons. The monoisotopic (exact) mass is 332 g/mol. The molecule has 1 aliphatic carbocycles. The second-order valence-electron chi connectivity index (χ2n) is 4.61. The third kappa shape index (κ3) is 3.31. The van der Waals surface area contributed by atoms with Gasteiger partial charge >= 0.3 is 0 Å². The van der Waals surface area contributed by atoms with E-state index in [2.05, 4.69) is 21.2 Å². The zero-order chi connectivity index (χ0) is 13.1. The Morgan fingerprint density at radius 1 is 1.50 bits per heavy atom. The third-order valence-corrected chi connectivity index (χ3v) is 3.94. The van der Waals surface area contributed by atoms with Crippen molar-refractivity contribution >= 4 is 33.2 Å². The van der Waals surface area contributed by atoms with Crippen molar-refractivity contribution in [3.63, 3.8) is 0 Å². The third-order valence-electron chi connectivity index (χ3n) is 3.13. The lowest BCUT2D eigenvalue weighted by Gasteiger charge is -2.18. The van der Waals surface area contributed by atoms with Gasteiger partial charge in [0.2, 0.25) is 0 Å². The first-order chi connectivity index (χ1) is 8.60. The largest absolute Gasteiger partial charge is 0.491 e. The second-order valence-corrected chi connectivity index (χ2v) is 5.90. The van der Waals surface area contributed by atoms with Crippen LogP contribution in [0.1, 0.15) is 26.2 Å². The Hall–Kier alpha value is -0.450. The summed E-state index contributed by atoms with van der Waals surface area (Å²) in [7, 11) is 0. The number of anilines is 1. The van der Waals surface area contributed by atoms with Crippen molar-refractivity contribution < 1.29 is 4.74 Å². The van der Waals surface area contributed by atoms with Crippen molar-refractivity contribution in [2.24, 2.45) is 5.73 Å². The number of hydrogen-bond donors (Lipinski definition) is 2. The summed E-state index contributed by atoms with van der Waals surface area (Å²) in [6.07, 6.45) is 3.16. The molecule has 3 N–H and O–H groups in total. The fourth-order valence-corrected chi connectivity index (χ4v) is 3.25. The van der Waals surface area contributed by atoms with Crippen LogP contribution in [0.15, 0.2) is 16.6 Å². The molecule has 2 rings (SSSR count). The van der Waals surface area contributed by atoms with E-state index < -0.39 is 0 Å². The minimum absolute atomic E-state index is 0.306. The number of nitrogens with one attached hydrogen (secondary N) is 1. The topological polar surface area (TPSA) is 47.3 Å². The highest BCUT2D eigenvalue weighted by Gasteiger charge is 2.23. The summed E-state index contributed by atoms with van der Waals surface area (Å²) in [5.41, 5.74) is 6.87. The van der Waals surface area contributed by atoms with Crippen LogP contribution in [-0.4, -0.2) is 18.7 Å². The average Bonchev–Trinajstić information content (AvgIpc) is 2.69. The van der Waals surface area contributed by atoms with E-state index in [1.165, 1.54) is 0 Å². The van der Waals surface area contributed by atoms with Crippen molar-refractivity contribution in [3.05, 3.63) is 21.6 Å². The highest BCUT2D eigenvalue weighted by atomic mass is 79.9. The molecule has 2 atom stereocenters. The number of rotatable bonds is 4. The molecule has 0 amide bonds. The number of ether oxygens (including phenoxy) is 1. The molecule has 1 aromatic rings. The zero-order valence-electron chi connectivity index (χ0n) is 10.4. The number of benzene rings is 1. The standard InChI is InChI=1S/C13H18BrClN2O/c1-2-18-13-11(14)5-8(15)6-12(13)17-10-4-3-9(16)7-10/h5-6,9-10,17H,2-4,7,16H2,1H3. The maximum Gasteiger partial charge on any atom is 0.156 e. The molecule has 0 aliphatic heterocycles. The van der Waals surface area contributed by atoms with E-state index in [0.717, 1.165) is 35.2 Å². The Balaban J connectivity index is 2.19. The normalized spacial score (nSPS) is 23.1. The SMILES string of the molecule is CCOc1c(Br)cc(Cl)cc1NC1CCC(N)C1. The molecule has 2 unspecified atom stereocenters. The van der Waals surface area contributed by atoms with Crippen molar-refractivity contribution in [1.82, 2.24) is 0 Å². The molecular formula is C13H18BrClN2O. The Labute approximate surface area is 121 Å². The van der Waals surface area contributed by atoms with Gasteiger partial charge in [-0.25, -0.2) is 0 Å². The number of hydrogen-bond acceptors (Lipinski definition) is 3. The van der Waals surface area contributed by atoms with Crippen LogP contribution in [-0.2, 0) is 0 Å². The lowest BCUT2D eigenvalue weighted by Crippen LogP contribution is -2.21. The molecule has 0 spiro atoms. The van der Waals surface area contributed by atoms with Crippen LogP contribution in [0, 0.1) is 0 Å². The first kappa shape index (κ1) is 14.0. The molecule has 0 saturated heterocycles. The maximum absolute atomic E-state index is 6.09. The van der Waals surface area contributed by atoms with Gasteiger partial charge in [-0.05, 0) is 54.2 Å². The predicted molar refractivity (Wildman–Crippen MR) is 79.6 cm³/mol. The Bertz CT molecular complexity index is 428. The highest BCUT2D eigenvalue weighted by molar-refractivity contribution is 9.10. The van der Waals surface area contributed by atoms with E-state index in [9.17, 15) is 0 Å². The average molecular weight is 334 g/mol. The smallest absolute Gasteiger partial charge is 0.156 e. The van der Waals surface area contributed by atoms with E-state index in [1.54, 1.807) is 0 Å². The zero-order valence-corrected chi connectivity index (χ0v) is 12.7. The van der Waals surface area contributed by atoms with Gasteiger partial charge in [0.1, 0.15) is 0 Å². The lowest BCUT2D eigenvalue weighted by atomic mass is 10.2. The van der Waals surface area contributed by atoms with Gasteiger partial charge in [-0.3, -0.25) is 0 Å². The van der Waals surface area contributed by atoms with Crippen molar-refractivity contribution in [1.29, 1.82) is 0 Å². The summed E-state index contributed by atoms with van der Waals surface area (Å²) in [5, 5.41) is 4.18. The summed E-state index contributed by atoms with van der Waals surface area (Å²) in [6.45, 7) is 2.59. The predicted octanol–water partition coefficient (Wildman–Crippen LogP) is 3.79. The molecule has 1 aromatic carbocycles. The second kappa shape index (κ2) is 6.13. The van der Waals surface area contributed by atoms with E-state index >= 15 is 0 Å². The van der Waals surface area contributed by atoms with Crippen LogP contribution in [0.2, 0.25) is 5.02 Å². The first-order valence-electron chi connectivity index (χ1n) is 6.24. The van der Waals surface area contributed by atoms with Crippen molar-refractivity contribution in [2.45, 2.75) is 38.3 Å². The molecule has 5 heteroatoms. The Kier molecular flexibility index (Phi) is 4.76. The van der Waals surface area contributed by atoms with Crippen LogP contribution in [0.5, 0.6) is 5.75 Å². The van der Waals surface area contributed by atoms with Crippen LogP contribution in [0.25, 0.3) is 0 Å². The Morgan fingerprint density at radius 2 is 2.28 bits per heavy atom. The van der Waals surface area contributed by atoms with Gasteiger partial charge in [0.25, 0.3) is 0 Å². The molecule has 1 fully saturated rings. The first-order valence-corrected chi connectivity index (χ1v) is 7.41. The van der Waals surface area contributed by atoms with Crippen LogP contribution in [0.3, 0.4) is 0 Å². The molecule has 1 saturated carbocycles. The number of halogens is 2. The quantitative estimate of drug-likeness (QED) is 0.881. The molecule has 1 aliphatic rings. The number of nitrogens with two attached hydrogens (primary N) is 1. The Morgan fingerprint density at radius 3 is 2.89 bits per heavy atom. The van der Waals surface area contributed by atoms with Gasteiger partial charge in [0, 0.05) is 17.1 Å². The summed E-state index contributed by atoms with van der Waals surface area (Å²) < 4.78 is 6.54. The van der Waals surface area contributed by atoms with E-state index in [4.69, 9.17) is 22.1 Å². The minimum atomic E-state index is 0.306. The maximum atomic E-state index is 6.09. The lowest BCUT2D eigenvalue weighted by molar-refractivity contribution is 0.339. The van der Waals surface area contributed by atoms with Gasteiger partial charge in [0.15, 0.2) is 5.75 Å². The van der Waals surface area contributed by atoms with Crippen molar-refractivity contribution in [2.75, 3.05) is 11.9 Å².